The van der Waals surface area contributed by atoms with Crippen molar-refractivity contribution in [2.24, 2.45) is 24.8 Å². The molecule has 0 spiro atoms. The Labute approximate surface area is 168 Å². The number of rotatable bonds is 1. The van der Waals surface area contributed by atoms with Crippen LogP contribution >= 0.6 is 0 Å². The molecule has 3 heterocycles. The maximum Gasteiger partial charge on any atom is 0.153 e. The van der Waals surface area contributed by atoms with Gasteiger partial charge in [0.05, 0.1) is 23.3 Å². The van der Waals surface area contributed by atoms with Crippen molar-refractivity contribution >= 4 is 33.3 Å². The summed E-state index contributed by atoms with van der Waals surface area (Å²) in [7, 11) is 2.04. The maximum absolute atomic E-state index is 6.11. The van der Waals surface area contributed by atoms with Gasteiger partial charge in [0, 0.05) is 23.5 Å². The molecule has 4 N–H and O–H groups in total. The van der Waals surface area contributed by atoms with Crippen molar-refractivity contribution in [1.29, 1.82) is 0 Å². The fraction of sp³-hybridized carbons (Fsp3) is 0.391. The summed E-state index contributed by atoms with van der Waals surface area (Å²) in [6.07, 6.45) is 6.15. The SMILES string of the molecule is Cn1ncc2c3c(ccc21)N[C@@H](c1ccc2[nH]nc(N)c2c1)[C@@H]1C2CC[C@H](C2)[C@H]31. The van der Waals surface area contributed by atoms with Crippen LogP contribution in [0.3, 0.4) is 0 Å². The molecular formula is C23H24N6. The third kappa shape index (κ3) is 1.96. The normalized spacial score (nSPS) is 29.9. The first-order valence-corrected chi connectivity index (χ1v) is 10.6. The van der Waals surface area contributed by atoms with Crippen molar-refractivity contribution in [1.82, 2.24) is 20.0 Å². The van der Waals surface area contributed by atoms with Crippen LogP contribution in [0.2, 0.25) is 0 Å². The molecule has 2 aliphatic carbocycles. The molecule has 0 amide bonds. The lowest BCUT2D eigenvalue weighted by Gasteiger charge is -2.43. The lowest BCUT2D eigenvalue weighted by Crippen LogP contribution is -2.35. The molecule has 7 rings (SSSR count). The highest BCUT2D eigenvalue weighted by atomic mass is 15.2. The van der Waals surface area contributed by atoms with Crippen LogP contribution < -0.4 is 11.1 Å². The second-order valence-electron chi connectivity index (χ2n) is 9.20. The first-order chi connectivity index (χ1) is 14.2. The molecule has 2 fully saturated rings. The van der Waals surface area contributed by atoms with Crippen LogP contribution in [0, 0.1) is 17.8 Å². The molecule has 0 radical (unpaired) electrons. The van der Waals surface area contributed by atoms with Gasteiger partial charge in [-0.15, -0.1) is 0 Å². The average molecular weight is 384 g/mol. The summed E-state index contributed by atoms with van der Waals surface area (Å²) in [5.41, 5.74) is 12.5. The van der Waals surface area contributed by atoms with E-state index in [2.05, 4.69) is 57.1 Å². The standard InChI is InChI=1S/C23H24N6/c1-29-18-7-6-17-21(15(18)10-25-29)19-11-2-3-12(8-11)20(19)22(26-17)13-4-5-16-14(9-13)23(24)28-27-16/h4-7,9-12,19-20,22,26H,2-3,8H2,1H3,(H3,24,27,28)/t11-,12?,19+,20-,22+/m1/s1. The lowest BCUT2D eigenvalue weighted by atomic mass is 9.67. The number of anilines is 2. The molecule has 2 aromatic heterocycles. The van der Waals surface area contributed by atoms with Crippen LogP contribution in [0.25, 0.3) is 21.8 Å². The molecule has 2 aromatic carbocycles. The second-order valence-corrected chi connectivity index (χ2v) is 9.20. The molecule has 1 aliphatic heterocycles. The number of aromatic amines is 1. The average Bonchev–Trinajstić information content (AvgIpc) is 3.52. The van der Waals surface area contributed by atoms with Crippen LogP contribution in [0.15, 0.2) is 36.5 Å². The van der Waals surface area contributed by atoms with E-state index in [1.807, 2.05) is 11.7 Å². The molecule has 5 atom stereocenters. The van der Waals surface area contributed by atoms with E-state index in [0.717, 1.165) is 22.7 Å². The zero-order valence-corrected chi connectivity index (χ0v) is 16.4. The molecular weight excluding hydrogens is 360 g/mol. The number of benzene rings is 2. The number of nitrogens with two attached hydrogens (primary N) is 1. The number of nitrogens with zero attached hydrogens (tertiary/aromatic N) is 3. The minimum atomic E-state index is 0.315. The van der Waals surface area contributed by atoms with Gasteiger partial charge in [0.2, 0.25) is 0 Å². The Morgan fingerprint density at radius 2 is 2.00 bits per heavy atom. The predicted molar refractivity (Wildman–Crippen MR) is 115 cm³/mol. The molecule has 6 heteroatoms. The molecule has 0 saturated heterocycles. The summed E-state index contributed by atoms with van der Waals surface area (Å²) in [6.45, 7) is 0. The number of aryl methyl sites for hydroxylation is 1. The van der Waals surface area contributed by atoms with Gasteiger partial charge in [-0.1, -0.05) is 6.07 Å². The van der Waals surface area contributed by atoms with Gasteiger partial charge < -0.3 is 11.1 Å². The molecule has 1 unspecified atom stereocenters. The van der Waals surface area contributed by atoms with Crippen molar-refractivity contribution in [3.05, 3.63) is 47.7 Å². The molecule has 6 nitrogen and oxygen atoms in total. The van der Waals surface area contributed by atoms with Crippen molar-refractivity contribution in [2.75, 3.05) is 11.1 Å². The number of nitrogens with one attached hydrogen (secondary N) is 2. The number of hydrogen-bond acceptors (Lipinski definition) is 4. The fourth-order valence-electron chi connectivity index (χ4n) is 6.79. The highest BCUT2D eigenvalue weighted by Crippen LogP contribution is 2.64. The summed E-state index contributed by atoms with van der Waals surface area (Å²) in [6, 6.07) is 11.4. The third-order valence-corrected chi connectivity index (χ3v) is 7.96. The maximum atomic E-state index is 6.11. The van der Waals surface area contributed by atoms with Crippen LogP contribution in [0.4, 0.5) is 11.5 Å². The number of H-pyrrole nitrogens is 1. The molecule has 2 saturated carbocycles. The smallest absolute Gasteiger partial charge is 0.153 e. The van der Waals surface area contributed by atoms with Gasteiger partial charge in [-0.05, 0) is 78.3 Å². The van der Waals surface area contributed by atoms with E-state index in [0.29, 0.717) is 23.7 Å². The quantitative estimate of drug-likeness (QED) is 0.456. The highest BCUT2D eigenvalue weighted by Gasteiger charge is 2.54. The Kier molecular flexibility index (Phi) is 2.91. The minimum absolute atomic E-state index is 0.315. The van der Waals surface area contributed by atoms with Crippen molar-refractivity contribution < 1.29 is 0 Å². The molecule has 29 heavy (non-hydrogen) atoms. The van der Waals surface area contributed by atoms with Gasteiger partial charge in [0.15, 0.2) is 5.82 Å². The first kappa shape index (κ1) is 15.9. The van der Waals surface area contributed by atoms with E-state index in [4.69, 9.17) is 5.73 Å². The first-order valence-electron chi connectivity index (χ1n) is 10.6. The number of aromatic nitrogens is 4. The third-order valence-electron chi connectivity index (χ3n) is 7.96. The molecule has 2 bridgehead atoms. The monoisotopic (exact) mass is 384 g/mol. The Morgan fingerprint density at radius 3 is 2.93 bits per heavy atom. The van der Waals surface area contributed by atoms with E-state index in [-0.39, 0.29) is 0 Å². The van der Waals surface area contributed by atoms with E-state index in [9.17, 15) is 0 Å². The van der Waals surface area contributed by atoms with E-state index in [1.54, 1.807) is 0 Å². The van der Waals surface area contributed by atoms with Gasteiger partial charge >= 0.3 is 0 Å². The zero-order chi connectivity index (χ0) is 19.3. The molecule has 146 valence electrons. The van der Waals surface area contributed by atoms with Crippen LogP contribution in [-0.2, 0) is 7.05 Å². The minimum Gasteiger partial charge on any atom is -0.382 e. The summed E-state index contributed by atoms with van der Waals surface area (Å²) < 4.78 is 2.00. The van der Waals surface area contributed by atoms with Crippen molar-refractivity contribution in [3.8, 4) is 0 Å². The summed E-state index contributed by atoms with van der Waals surface area (Å²) in [5.74, 6) is 3.40. The highest BCUT2D eigenvalue weighted by molar-refractivity contribution is 5.90. The van der Waals surface area contributed by atoms with Gasteiger partial charge in [-0.2, -0.15) is 10.2 Å². The van der Waals surface area contributed by atoms with Crippen molar-refractivity contribution in [2.45, 2.75) is 31.2 Å². The zero-order valence-electron chi connectivity index (χ0n) is 16.4. The van der Waals surface area contributed by atoms with Crippen LogP contribution in [0.1, 0.15) is 42.3 Å². The van der Waals surface area contributed by atoms with Gasteiger partial charge in [-0.3, -0.25) is 9.78 Å². The lowest BCUT2D eigenvalue weighted by molar-refractivity contribution is 0.249. The fourth-order valence-corrected chi connectivity index (χ4v) is 6.79. The number of nitrogen functional groups attached to an aromatic ring is 1. The Bertz CT molecular complexity index is 1280. The summed E-state index contributed by atoms with van der Waals surface area (Å²) in [4.78, 5) is 0. The van der Waals surface area contributed by atoms with Crippen molar-refractivity contribution in [3.63, 3.8) is 0 Å². The largest absolute Gasteiger partial charge is 0.382 e. The van der Waals surface area contributed by atoms with E-state index >= 15 is 0 Å². The summed E-state index contributed by atoms with van der Waals surface area (Å²) in [5, 5.41) is 18.1. The van der Waals surface area contributed by atoms with Gasteiger partial charge in [-0.25, -0.2) is 0 Å². The summed E-state index contributed by atoms with van der Waals surface area (Å²) >= 11 is 0. The van der Waals surface area contributed by atoms with E-state index < -0.39 is 0 Å². The van der Waals surface area contributed by atoms with Crippen LogP contribution in [0.5, 0.6) is 0 Å². The topological polar surface area (TPSA) is 84.5 Å². The number of hydrogen-bond donors (Lipinski definition) is 3. The van der Waals surface area contributed by atoms with Crippen LogP contribution in [-0.4, -0.2) is 20.0 Å². The second kappa shape index (κ2) is 5.32. The Hall–Kier alpha value is -3.02. The van der Waals surface area contributed by atoms with Gasteiger partial charge in [0.1, 0.15) is 0 Å². The van der Waals surface area contributed by atoms with E-state index in [1.165, 1.54) is 47.0 Å². The molecule has 3 aliphatic rings. The predicted octanol–water partition coefficient (Wildman–Crippen LogP) is 4.33. The number of fused-ring (bicyclic) bond motifs is 10. The Morgan fingerprint density at radius 1 is 1.10 bits per heavy atom. The Balaban J connectivity index is 1.44. The van der Waals surface area contributed by atoms with Gasteiger partial charge in [0.25, 0.3) is 0 Å². The molecule has 4 aromatic rings.